The molecule has 0 aromatic heterocycles. The van der Waals surface area contributed by atoms with Gasteiger partial charge >= 0.3 is 0 Å². The summed E-state index contributed by atoms with van der Waals surface area (Å²) < 4.78 is 0.923. The molecule has 0 spiro atoms. The number of halogens is 2. The topological polar surface area (TPSA) is 44.4 Å². The quantitative estimate of drug-likeness (QED) is 0.767. The van der Waals surface area contributed by atoms with Gasteiger partial charge in [0.2, 0.25) is 5.91 Å². The Hall–Kier alpha value is -0.620. The number of para-hydroxylation sites is 1. The second-order valence-corrected chi connectivity index (χ2v) is 7.28. The number of carbonyl (C=O) groups is 1. The molecule has 1 saturated carbocycles. The number of amides is 1. The number of benzene rings is 1. The number of piperidine rings is 1. The van der Waals surface area contributed by atoms with Crippen molar-refractivity contribution in [1.82, 2.24) is 10.2 Å². The second-order valence-electron chi connectivity index (χ2n) is 6.43. The average Bonchev–Trinajstić information content (AvgIpc) is 3.33. The minimum absolute atomic E-state index is 0. The molecule has 1 aromatic rings. The lowest BCUT2D eigenvalue weighted by Crippen LogP contribution is -2.45. The average molecular weight is 403 g/mol. The summed E-state index contributed by atoms with van der Waals surface area (Å²) in [4.78, 5) is 14.4. The SMILES string of the molecule is Cl.O=C(CN1CCC(NCC2CC2)CC1)Nc1ccccc1Br. The second kappa shape index (κ2) is 9.02. The van der Waals surface area contributed by atoms with Gasteiger partial charge in [-0.15, -0.1) is 12.4 Å². The predicted molar refractivity (Wildman–Crippen MR) is 100 cm³/mol. The molecule has 1 aliphatic carbocycles. The third-order valence-electron chi connectivity index (χ3n) is 4.49. The van der Waals surface area contributed by atoms with Crippen LogP contribution in [0.3, 0.4) is 0 Å². The van der Waals surface area contributed by atoms with Gasteiger partial charge in [-0.25, -0.2) is 0 Å². The van der Waals surface area contributed by atoms with Crippen molar-refractivity contribution in [2.75, 3.05) is 31.5 Å². The summed E-state index contributed by atoms with van der Waals surface area (Å²) in [5.74, 6) is 1.00. The summed E-state index contributed by atoms with van der Waals surface area (Å²) in [5, 5.41) is 6.65. The van der Waals surface area contributed by atoms with Crippen molar-refractivity contribution in [1.29, 1.82) is 0 Å². The zero-order valence-electron chi connectivity index (χ0n) is 13.3. The summed E-state index contributed by atoms with van der Waals surface area (Å²) in [6.45, 7) is 3.68. The normalized spacial score (nSPS) is 19.2. The number of rotatable bonds is 6. The molecular weight excluding hydrogens is 378 g/mol. The monoisotopic (exact) mass is 401 g/mol. The number of nitrogens with zero attached hydrogens (tertiary/aromatic N) is 1. The van der Waals surface area contributed by atoms with Crippen LogP contribution in [0.4, 0.5) is 5.69 Å². The minimum atomic E-state index is 0. The number of nitrogens with one attached hydrogen (secondary N) is 2. The Labute approximate surface area is 152 Å². The van der Waals surface area contributed by atoms with Gasteiger partial charge in [-0.05, 0) is 66.2 Å². The molecule has 1 aromatic carbocycles. The van der Waals surface area contributed by atoms with Crippen LogP contribution in [0, 0.1) is 5.92 Å². The maximum absolute atomic E-state index is 12.1. The Morgan fingerprint density at radius 3 is 2.52 bits per heavy atom. The van der Waals surface area contributed by atoms with Crippen LogP contribution < -0.4 is 10.6 Å². The molecule has 0 bridgehead atoms. The van der Waals surface area contributed by atoms with Crippen molar-refractivity contribution in [2.45, 2.75) is 31.7 Å². The van der Waals surface area contributed by atoms with Gasteiger partial charge in [0.05, 0.1) is 12.2 Å². The number of carbonyl (C=O) groups excluding carboxylic acids is 1. The highest BCUT2D eigenvalue weighted by Crippen LogP contribution is 2.28. The van der Waals surface area contributed by atoms with E-state index in [9.17, 15) is 4.79 Å². The number of likely N-dealkylation sites (tertiary alicyclic amines) is 1. The Morgan fingerprint density at radius 1 is 1.17 bits per heavy atom. The van der Waals surface area contributed by atoms with Gasteiger partial charge < -0.3 is 10.6 Å². The first kappa shape index (κ1) is 18.7. The Bertz CT molecular complexity index is 516. The van der Waals surface area contributed by atoms with Crippen molar-refractivity contribution >= 4 is 39.9 Å². The molecule has 1 aliphatic heterocycles. The van der Waals surface area contributed by atoms with Gasteiger partial charge in [0.15, 0.2) is 0 Å². The van der Waals surface area contributed by atoms with Crippen LogP contribution in [0.15, 0.2) is 28.7 Å². The van der Waals surface area contributed by atoms with Crippen LogP contribution in [0.1, 0.15) is 25.7 Å². The van der Waals surface area contributed by atoms with Gasteiger partial charge in [-0.1, -0.05) is 12.1 Å². The van der Waals surface area contributed by atoms with Gasteiger partial charge in [0.1, 0.15) is 0 Å². The molecule has 3 rings (SSSR count). The fourth-order valence-corrected chi connectivity index (χ4v) is 3.29. The lowest BCUT2D eigenvalue weighted by molar-refractivity contribution is -0.117. The molecule has 2 aliphatic rings. The van der Waals surface area contributed by atoms with Crippen molar-refractivity contribution in [3.8, 4) is 0 Å². The molecule has 6 heteroatoms. The predicted octanol–water partition coefficient (Wildman–Crippen LogP) is 3.27. The van der Waals surface area contributed by atoms with E-state index in [0.29, 0.717) is 12.6 Å². The van der Waals surface area contributed by atoms with Gasteiger partial charge in [-0.3, -0.25) is 9.69 Å². The van der Waals surface area contributed by atoms with E-state index < -0.39 is 0 Å². The van der Waals surface area contributed by atoms with E-state index in [1.807, 2.05) is 24.3 Å². The zero-order valence-corrected chi connectivity index (χ0v) is 15.7. The third kappa shape index (κ3) is 6.07. The maximum atomic E-state index is 12.1. The van der Waals surface area contributed by atoms with Crippen molar-refractivity contribution in [3.05, 3.63) is 28.7 Å². The summed E-state index contributed by atoms with van der Waals surface area (Å²) in [6.07, 6.45) is 5.10. The van der Waals surface area contributed by atoms with Crippen LogP contribution in [0.5, 0.6) is 0 Å². The molecule has 4 nitrogen and oxygen atoms in total. The van der Waals surface area contributed by atoms with E-state index in [-0.39, 0.29) is 18.3 Å². The fourth-order valence-electron chi connectivity index (χ4n) is 2.91. The van der Waals surface area contributed by atoms with E-state index in [1.54, 1.807) is 0 Å². The molecular formula is C17H25BrClN3O. The fraction of sp³-hybridized carbons (Fsp3) is 0.588. The van der Waals surface area contributed by atoms with E-state index >= 15 is 0 Å². The molecule has 0 atom stereocenters. The van der Waals surface area contributed by atoms with Gasteiger partial charge in [0.25, 0.3) is 0 Å². The summed E-state index contributed by atoms with van der Waals surface area (Å²) in [5.41, 5.74) is 0.841. The molecule has 2 fully saturated rings. The molecule has 128 valence electrons. The summed E-state index contributed by atoms with van der Waals surface area (Å²) in [7, 11) is 0. The molecule has 1 amide bonds. The summed E-state index contributed by atoms with van der Waals surface area (Å²) >= 11 is 3.46. The van der Waals surface area contributed by atoms with Gasteiger partial charge in [-0.2, -0.15) is 0 Å². The van der Waals surface area contributed by atoms with Crippen LogP contribution in [0.2, 0.25) is 0 Å². The van der Waals surface area contributed by atoms with Crippen molar-refractivity contribution < 1.29 is 4.79 Å². The number of hydrogen-bond acceptors (Lipinski definition) is 3. The van der Waals surface area contributed by atoms with E-state index in [2.05, 4.69) is 31.5 Å². The Balaban J connectivity index is 0.00000192. The molecule has 1 heterocycles. The smallest absolute Gasteiger partial charge is 0.238 e. The van der Waals surface area contributed by atoms with Crippen molar-refractivity contribution in [3.63, 3.8) is 0 Å². The van der Waals surface area contributed by atoms with Crippen molar-refractivity contribution in [2.24, 2.45) is 5.92 Å². The van der Waals surface area contributed by atoms with Crippen LogP contribution in [0.25, 0.3) is 0 Å². The first-order valence-electron chi connectivity index (χ1n) is 8.21. The lowest BCUT2D eigenvalue weighted by Gasteiger charge is -2.32. The summed E-state index contributed by atoms with van der Waals surface area (Å²) in [6, 6.07) is 8.36. The molecule has 0 radical (unpaired) electrons. The van der Waals surface area contributed by atoms with E-state index in [0.717, 1.165) is 42.0 Å². The highest BCUT2D eigenvalue weighted by molar-refractivity contribution is 9.10. The lowest BCUT2D eigenvalue weighted by atomic mass is 10.0. The Kier molecular flexibility index (Phi) is 7.34. The number of anilines is 1. The largest absolute Gasteiger partial charge is 0.324 e. The zero-order chi connectivity index (χ0) is 15.4. The van der Waals surface area contributed by atoms with Crippen LogP contribution in [-0.2, 0) is 4.79 Å². The first-order chi connectivity index (χ1) is 10.7. The highest BCUT2D eigenvalue weighted by atomic mass is 79.9. The Morgan fingerprint density at radius 2 is 1.87 bits per heavy atom. The highest BCUT2D eigenvalue weighted by Gasteiger charge is 2.25. The minimum Gasteiger partial charge on any atom is -0.324 e. The first-order valence-corrected chi connectivity index (χ1v) is 9.00. The number of hydrogen-bond donors (Lipinski definition) is 2. The van der Waals surface area contributed by atoms with Crippen LogP contribution >= 0.6 is 28.3 Å². The standard InChI is InChI=1S/C17H24BrN3O.ClH/c18-15-3-1-2-4-16(15)20-17(22)12-21-9-7-14(8-10-21)19-11-13-5-6-13;/h1-4,13-14,19H,5-12H2,(H,20,22);1H. The van der Waals surface area contributed by atoms with Crippen LogP contribution in [-0.4, -0.2) is 43.0 Å². The molecule has 1 saturated heterocycles. The van der Waals surface area contributed by atoms with E-state index in [1.165, 1.54) is 19.4 Å². The molecule has 2 N–H and O–H groups in total. The molecule has 23 heavy (non-hydrogen) atoms. The molecule has 0 unspecified atom stereocenters. The third-order valence-corrected chi connectivity index (χ3v) is 5.19. The van der Waals surface area contributed by atoms with Gasteiger partial charge in [0, 0.05) is 23.6 Å². The van der Waals surface area contributed by atoms with E-state index in [4.69, 9.17) is 0 Å². The maximum Gasteiger partial charge on any atom is 0.238 e.